The standard InChI is InChI=1S/C2H8NO3P/c3-1-2-7(4,5)6/h1-3H2,(H2,4,5,6)/p+1/i/hD3. The third-order valence-corrected chi connectivity index (χ3v) is 1.17. The lowest BCUT2D eigenvalue weighted by Crippen LogP contribution is -2.52. The molecule has 5 heteroatoms. The molecular formula is C2H9NO3P+. The molecule has 7 heavy (non-hydrogen) atoms. The summed E-state index contributed by atoms with van der Waals surface area (Å²) in [5, 5.41) is 0. The predicted octanol–water partition coefficient (Wildman–Crippen LogP) is -2.66. The van der Waals surface area contributed by atoms with Crippen LogP contribution in [0.4, 0.5) is 0 Å². The Morgan fingerprint density at radius 3 is 2.57 bits per heavy atom. The van der Waals surface area contributed by atoms with E-state index in [1.54, 1.807) is 0 Å². The minimum atomic E-state index is -4.14. The number of quaternary nitrogens is 1. The monoisotopic (exact) mass is 129 g/mol. The summed E-state index contributed by atoms with van der Waals surface area (Å²) in [5.74, 6) is 0. The Kier molecular flexibility index (Phi) is 1.21. The molecule has 0 radical (unpaired) electrons. The molecule has 0 aromatic carbocycles. The fourth-order valence-corrected chi connectivity index (χ4v) is 0.391. The van der Waals surface area contributed by atoms with Gasteiger partial charge in [-0.05, 0) is 0 Å². The lowest BCUT2D eigenvalue weighted by atomic mass is 10.8. The summed E-state index contributed by atoms with van der Waals surface area (Å²) in [6.07, 6.45) is -0.594. The van der Waals surface area contributed by atoms with E-state index in [-0.39, 0.29) is 0 Å². The zero-order valence-electron chi connectivity index (χ0n) is 6.61. The van der Waals surface area contributed by atoms with Gasteiger partial charge in [0.05, 0.1) is 0 Å². The maximum atomic E-state index is 10.1. The summed E-state index contributed by atoms with van der Waals surface area (Å²) in [6.45, 7) is -0.496. The van der Waals surface area contributed by atoms with Gasteiger partial charge in [-0.1, -0.05) is 0 Å². The minimum absolute atomic E-state index is 0.496. The normalized spacial score (nSPS) is 20.1. The molecule has 0 aliphatic carbocycles. The van der Waals surface area contributed by atoms with Gasteiger partial charge in [0.15, 0.2) is 6.16 Å². The molecule has 0 unspecified atom stereocenters. The van der Waals surface area contributed by atoms with Gasteiger partial charge in [0.2, 0.25) is 7.94 Å². The van der Waals surface area contributed by atoms with Gasteiger partial charge in [-0.25, -0.2) is 9.79 Å². The molecule has 4 nitrogen and oxygen atoms in total. The van der Waals surface area contributed by atoms with Gasteiger partial charge < -0.3 is 10.6 Å². The van der Waals surface area contributed by atoms with Crippen molar-refractivity contribution in [3.63, 3.8) is 0 Å². The molecule has 0 bridgehead atoms. The van der Waals surface area contributed by atoms with Gasteiger partial charge in [-0.15, -0.1) is 0 Å². The van der Waals surface area contributed by atoms with Crippen molar-refractivity contribution >= 4 is 7.94 Å². The highest BCUT2D eigenvalue weighted by Gasteiger charge is 2.16. The number of hydrogen-bond acceptors (Lipinski definition) is 3. The molecule has 0 rings (SSSR count). The van der Waals surface area contributed by atoms with Crippen LogP contribution < -0.4 is 10.6 Å². The Labute approximate surface area is 46.6 Å². The summed E-state index contributed by atoms with van der Waals surface area (Å²) >= 11 is 0. The van der Waals surface area contributed by atoms with Crippen molar-refractivity contribution in [3.8, 4) is 0 Å². The van der Waals surface area contributed by atoms with E-state index in [1.807, 2.05) is 0 Å². The van der Waals surface area contributed by atoms with E-state index in [0.29, 0.717) is 0 Å². The first-order valence-corrected chi connectivity index (χ1v) is 3.51. The van der Waals surface area contributed by atoms with E-state index in [1.165, 1.54) is 0 Å². The number of rotatable bonds is 3. The van der Waals surface area contributed by atoms with Crippen LogP contribution in [0.15, 0.2) is 0 Å². The molecule has 0 heterocycles. The summed E-state index contributed by atoms with van der Waals surface area (Å²) in [5.41, 5.74) is -1.66. The average Bonchev–Trinajstić information content (AvgIpc) is 1.57. The zero-order chi connectivity index (χ0) is 8.41. The van der Waals surface area contributed by atoms with E-state index in [9.17, 15) is 4.89 Å². The van der Waals surface area contributed by atoms with Crippen molar-refractivity contribution in [3.05, 3.63) is 0 Å². The highest BCUT2D eigenvalue weighted by Crippen LogP contribution is 2.37. The highest BCUT2D eigenvalue weighted by molar-refractivity contribution is 7.57. The van der Waals surface area contributed by atoms with Crippen LogP contribution >= 0.6 is 7.94 Å². The summed E-state index contributed by atoms with van der Waals surface area (Å²) < 4.78 is 19.6. The van der Waals surface area contributed by atoms with Crippen molar-refractivity contribution < 1.29 is 24.6 Å². The molecule has 0 aromatic heterocycles. The minimum Gasteiger partial charge on any atom is -0.632 e. The molecular weight excluding hydrogens is 117 g/mol. The first kappa shape index (κ1) is 3.33. The van der Waals surface area contributed by atoms with E-state index in [4.69, 9.17) is 14.0 Å². The van der Waals surface area contributed by atoms with Gasteiger partial charge in [0, 0.05) is 0 Å². The summed E-state index contributed by atoms with van der Waals surface area (Å²) in [4.78, 5) is 26.6. The van der Waals surface area contributed by atoms with Gasteiger partial charge in [0.25, 0.3) is 0 Å². The molecule has 0 amide bonds. The van der Waals surface area contributed by atoms with Gasteiger partial charge >= 0.3 is 4.24 Å². The van der Waals surface area contributed by atoms with Crippen LogP contribution in [0.3, 0.4) is 0 Å². The number of hydrogen-bond donors (Lipinski definition) is 3. The van der Waals surface area contributed by atoms with Crippen LogP contribution in [0.2, 0.25) is 4.24 Å². The average molecular weight is 129 g/mol. The van der Waals surface area contributed by atoms with Gasteiger partial charge in [0.1, 0.15) is 6.54 Å². The second-order valence-corrected chi connectivity index (χ2v) is 2.89. The smallest absolute Gasteiger partial charge is 0.344 e. The van der Waals surface area contributed by atoms with Crippen LogP contribution in [-0.4, -0.2) is 22.5 Å². The third kappa shape index (κ3) is 6.27. The fourth-order valence-electron chi connectivity index (χ4n) is 0.130. The maximum Gasteiger partial charge on any atom is 0.344 e. The Morgan fingerprint density at radius 2 is 2.43 bits per heavy atom. The Morgan fingerprint density at radius 1 is 1.86 bits per heavy atom. The van der Waals surface area contributed by atoms with Crippen molar-refractivity contribution in [2.75, 3.05) is 12.7 Å². The van der Waals surface area contributed by atoms with E-state index in [2.05, 4.69) is 0 Å². The molecule has 0 atom stereocenters. The molecule has 0 saturated carbocycles. The van der Waals surface area contributed by atoms with Crippen LogP contribution in [0.25, 0.3) is 0 Å². The predicted molar refractivity (Wildman–Crippen MR) is 24.0 cm³/mol. The molecule has 44 valence electrons. The Balaban J connectivity index is 3.56. The van der Waals surface area contributed by atoms with Crippen molar-refractivity contribution in [2.24, 2.45) is 0 Å². The zero-order valence-corrected chi connectivity index (χ0v) is 4.51. The molecule has 0 fully saturated rings. The molecule has 0 aromatic rings. The lowest BCUT2D eigenvalue weighted by Gasteiger charge is -2.11. The highest BCUT2D eigenvalue weighted by atomic mass is 31.2. The Bertz CT molecular complexity index is 95.3. The van der Waals surface area contributed by atoms with E-state index in [0.717, 1.165) is 0 Å². The van der Waals surface area contributed by atoms with Crippen molar-refractivity contribution in [1.29, 1.82) is 0 Å². The van der Waals surface area contributed by atoms with Gasteiger partial charge in [-0.3, -0.25) is 0 Å². The van der Waals surface area contributed by atoms with Crippen LogP contribution in [0.5, 0.6) is 0 Å². The van der Waals surface area contributed by atoms with Crippen molar-refractivity contribution in [1.82, 2.24) is 0 Å². The summed E-state index contributed by atoms with van der Waals surface area (Å²) in [6, 6.07) is 0. The van der Waals surface area contributed by atoms with Crippen molar-refractivity contribution in [2.45, 2.75) is 0 Å². The van der Waals surface area contributed by atoms with E-state index >= 15 is 0 Å². The molecule has 0 saturated heterocycles. The Hall–Kier alpha value is 0.270. The fraction of sp³-hybridized carbons (Fsp3) is 1.00. The first-order valence-electron chi connectivity index (χ1n) is 3.06. The van der Waals surface area contributed by atoms with Crippen LogP contribution in [0.1, 0.15) is 0 Å². The lowest BCUT2D eigenvalue weighted by molar-refractivity contribution is -0.363. The van der Waals surface area contributed by atoms with Crippen LogP contribution in [-0.2, 0) is 0 Å². The van der Waals surface area contributed by atoms with Gasteiger partial charge in [-0.2, -0.15) is 0 Å². The molecule has 0 aliphatic rings. The third-order valence-electron chi connectivity index (χ3n) is 0.391. The molecule has 0 spiro atoms. The quantitative estimate of drug-likeness (QED) is 0.363. The second kappa shape index (κ2) is 2.55. The molecule has 0 aliphatic heterocycles. The maximum absolute atomic E-state index is 10.1. The molecule has 5 N–H and O–H groups in total. The largest absolute Gasteiger partial charge is 0.632 e. The van der Waals surface area contributed by atoms with E-state index < -0.39 is 26.4 Å². The summed E-state index contributed by atoms with van der Waals surface area (Å²) in [7, 11) is -4.14. The first-order chi connectivity index (χ1) is 4.21. The van der Waals surface area contributed by atoms with Crippen LogP contribution in [0, 0.1) is 0 Å². The SMILES string of the molecule is [2H][N+]([2H])([2H])CC[P+]([O-])(O)O. The second-order valence-electron chi connectivity index (χ2n) is 1.11. The topological polar surface area (TPSA) is 91.2 Å².